The third-order valence-corrected chi connectivity index (χ3v) is 1.08. The van der Waals surface area contributed by atoms with Crippen LogP contribution in [0.5, 0.6) is 0 Å². The van der Waals surface area contributed by atoms with Crippen molar-refractivity contribution in [1.29, 1.82) is 0 Å². The van der Waals surface area contributed by atoms with Gasteiger partial charge in [-0.2, -0.15) is 12.6 Å². The highest BCUT2D eigenvalue weighted by Crippen LogP contribution is 1.98. The Bertz CT molecular complexity index is 117. The molecule has 0 unspecified atom stereocenters. The zero-order chi connectivity index (χ0) is 8.20. The average molecular weight is 161 g/mol. The molecule has 2 nitrogen and oxygen atoms in total. The molecule has 0 aliphatic rings. The van der Waals surface area contributed by atoms with Crippen LogP contribution in [0.1, 0.15) is 27.2 Å². The van der Waals surface area contributed by atoms with Gasteiger partial charge >= 0.3 is 0 Å². The molecule has 0 saturated heterocycles. The molecule has 0 heterocycles. The first-order valence-corrected chi connectivity index (χ1v) is 4.01. The van der Waals surface area contributed by atoms with Gasteiger partial charge in [-0.3, -0.25) is 4.79 Å². The Balaban J connectivity index is 3.58. The molecule has 0 saturated carbocycles. The van der Waals surface area contributed by atoms with Crippen molar-refractivity contribution >= 4 is 18.5 Å². The molecular formula is C7H15NOS. The molecule has 0 spiro atoms. The molecule has 0 atom stereocenters. The highest BCUT2D eigenvalue weighted by atomic mass is 32.1. The Kier molecular flexibility index (Phi) is 3.79. The lowest BCUT2D eigenvalue weighted by Crippen LogP contribution is -2.40. The number of nitrogens with one attached hydrogen (secondary N) is 1. The molecule has 60 valence electrons. The molecule has 1 N–H and O–H groups in total. The van der Waals surface area contributed by atoms with Crippen molar-refractivity contribution in [3.8, 4) is 0 Å². The van der Waals surface area contributed by atoms with Crippen LogP contribution in [-0.4, -0.2) is 17.2 Å². The molecule has 0 aromatic carbocycles. The summed E-state index contributed by atoms with van der Waals surface area (Å²) in [6.07, 6.45) is 0.500. The summed E-state index contributed by atoms with van der Waals surface area (Å²) < 4.78 is 0. The second-order valence-electron chi connectivity index (χ2n) is 3.27. The number of thiol groups is 1. The van der Waals surface area contributed by atoms with Crippen LogP contribution in [0, 0.1) is 0 Å². The summed E-state index contributed by atoms with van der Waals surface area (Å²) in [5, 5.41) is 2.83. The van der Waals surface area contributed by atoms with E-state index in [0.717, 1.165) is 0 Å². The van der Waals surface area contributed by atoms with Gasteiger partial charge in [-0.25, -0.2) is 0 Å². The molecule has 1 amide bonds. The Labute approximate surface area is 67.8 Å². The molecule has 0 aromatic rings. The van der Waals surface area contributed by atoms with E-state index in [1.807, 2.05) is 20.8 Å². The molecule has 0 aromatic heterocycles. The zero-order valence-electron chi connectivity index (χ0n) is 6.77. The fourth-order valence-electron chi connectivity index (χ4n) is 0.582. The van der Waals surface area contributed by atoms with Crippen LogP contribution >= 0.6 is 12.6 Å². The van der Waals surface area contributed by atoms with Crippen molar-refractivity contribution in [2.24, 2.45) is 0 Å². The number of carbonyl (C=O) groups excluding carboxylic acids is 1. The predicted octanol–water partition coefficient (Wildman–Crippen LogP) is 1.22. The summed E-state index contributed by atoms with van der Waals surface area (Å²) in [6, 6.07) is 0. The fraction of sp³-hybridized carbons (Fsp3) is 0.857. The van der Waals surface area contributed by atoms with E-state index in [9.17, 15) is 4.79 Å². The smallest absolute Gasteiger partial charge is 0.221 e. The molecular weight excluding hydrogens is 146 g/mol. The first kappa shape index (κ1) is 9.82. The summed E-state index contributed by atoms with van der Waals surface area (Å²) >= 11 is 3.95. The van der Waals surface area contributed by atoms with Crippen molar-refractivity contribution < 1.29 is 4.79 Å². The van der Waals surface area contributed by atoms with Crippen molar-refractivity contribution in [1.82, 2.24) is 5.32 Å². The summed E-state index contributed by atoms with van der Waals surface area (Å²) in [5.74, 6) is 0.685. The second kappa shape index (κ2) is 3.86. The van der Waals surface area contributed by atoms with Gasteiger partial charge in [-0.15, -0.1) is 0 Å². The lowest BCUT2D eigenvalue weighted by atomic mass is 10.1. The van der Waals surface area contributed by atoms with E-state index in [2.05, 4.69) is 17.9 Å². The van der Waals surface area contributed by atoms with Gasteiger partial charge in [0.05, 0.1) is 0 Å². The highest BCUT2D eigenvalue weighted by Gasteiger charge is 2.11. The monoisotopic (exact) mass is 161 g/mol. The number of carbonyl (C=O) groups is 1. The summed E-state index contributed by atoms with van der Waals surface area (Å²) in [7, 11) is 0. The van der Waals surface area contributed by atoms with Gasteiger partial charge in [0.1, 0.15) is 0 Å². The number of hydrogen-bond donors (Lipinski definition) is 2. The highest BCUT2D eigenvalue weighted by molar-refractivity contribution is 7.80. The summed E-state index contributed by atoms with van der Waals surface area (Å²) in [6.45, 7) is 5.89. The van der Waals surface area contributed by atoms with Gasteiger partial charge in [0.15, 0.2) is 0 Å². The van der Waals surface area contributed by atoms with Gasteiger partial charge < -0.3 is 5.32 Å². The van der Waals surface area contributed by atoms with E-state index in [1.54, 1.807) is 0 Å². The molecule has 0 radical (unpaired) electrons. The van der Waals surface area contributed by atoms with E-state index in [-0.39, 0.29) is 11.4 Å². The SMILES string of the molecule is CC(C)(C)NC(=O)CCS. The van der Waals surface area contributed by atoms with Crippen LogP contribution in [0.4, 0.5) is 0 Å². The Morgan fingerprint density at radius 3 is 2.30 bits per heavy atom. The van der Waals surface area contributed by atoms with Crippen LogP contribution in [0.15, 0.2) is 0 Å². The van der Waals surface area contributed by atoms with Gasteiger partial charge in [0.25, 0.3) is 0 Å². The lowest BCUT2D eigenvalue weighted by Gasteiger charge is -2.19. The van der Waals surface area contributed by atoms with E-state index in [4.69, 9.17) is 0 Å². The predicted molar refractivity (Wildman–Crippen MR) is 46.4 cm³/mol. The standard InChI is InChI=1S/C7H15NOS/c1-7(2,3)8-6(9)4-5-10/h10H,4-5H2,1-3H3,(H,8,9). The third-order valence-electron chi connectivity index (χ3n) is 0.853. The van der Waals surface area contributed by atoms with Crippen molar-refractivity contribution in [3.63, 3.8) is 0 Å². The minimum Gasteiger partial charge on any atom is -0.351 e. The average Bonchev–Trinajstić information content (AvgIpc) is 1.59. The maximum absolute atomic E-state index is 10.9. The molecule has 0 aliphatic carbocycles. The Morgan fingerprint density at radius 1 is 1.50 bits per heavy atom. The maximum Gasteiger partial charge on any atom is 0.221 e. The zero-order valence-corrected chi connectivity index (χ0v) is 7.66. The normalized spacial score (nSPS) is 11.2. The number of hydrogen-bond acceptors (Lipinski definition) is 2. The molecule has 10 heavy (non-hydrogen) atoms. The van der Waals surface area contributed by atoms with Crippen LogP contribution in [0.2, 0.25) is 0 Å². The van der Waals surface area contributed by atoms with Crippen molar-refractivity contribution in [2.45, 2.75) is 32.7 Å². The minimum absolute atomic E-state index is 0.0718. The van der Waals surface area contributed by atoms with Crippen LogP contribution in [0.25, 0.3) is 0 Å². The van der Waals surface area contributed by atoms with Crippen molar-refractivity contribution in [3.05, 3.63) is 0 Å². The number of amides is 1. The van der Waals surface area contributed by atoms with Crippen LogP contribution < -0.4 is 5.32 Å². The lowest BCUT2D eigenvalue weighted by molar-refractivity contribution is -0.122. The molecule has 0 rings (SSSR count). The van der Waals surface area contributed by atoms with E-state index < -0.39 is 0 Å². The van der Waals surface area contributed by atoms with Crippen LogP contribution in [0.3, 0.4) is 0 Å². The van der Waals surface area contributed by atoms with E-state index in [1.165, 1.54) is 0 Å². The molecule has 0 fully saturated rings. The second-order valence-corrected chi connectivity index (χ2v) is 3.72. The number of rotatable bonds is 2. The molecule has 0 bridgehead atoms. The van der Waals surface area contributed by atoms with Gasteiger partial charge in [-0.1, -0.05) is 0 Å². The van der Waals surface area contributed by atoms with Gasteiger partial charge in [-0.05, 0) is 26.5 Å². The molecule has 0 aliphatic heterocycles. The van der Waals surface area contributed by atoms with Gasteiger partial charge in [0.2, 0.25) is 5.91 Å². The van der Waals surface area contributed by atoms with Crippen LogP contribution in [-0.2, 0) is 4.79 Å². The topological polar surface area (TPSA) is 29.1 Å². The van der Waals surface area contributed by atoms with E-state index >= 15 is 0 Å². The molecule has 3 heteroatoms. The fourth-order valence-corrected chi connectivity index (χ4v) is 0.785. The van der Waals surface area contributed by atoms with E-state index in [0.29, 0.717) is 12.2 Å². The third kappa shape index (κ3) is 5.95. The first-order valence-electron chi connectivity index (χ1n) is 3.37. The summed E-state index contributed by atoms with van der Waals surface area (Å²) in [4.78, 5) is 10.9. The Hall–Kier alpha value is -0.180. The van der Waals surface area contributed by atoms with Gasteiger partial charge in [0, 0.05) is 12.0 Å². The Morgan fingerprint density at radius 2 is 2.00 bits per heavy atom. The largest absolute Gasteiger partial charge is 0.351 e. The van der Waals surface area contributed by atoms with Crippen molar-refractivity contribution in [2.75, 3.05) is 5.75 Å². The summed E-state index contributed by atoms with van der Waals surface area (Å²) in [5.41, 5.74) is -0.111. The first-order chi connectivity index (χ1) is 4.45. The minimum atomic E-state index is -0.111. The maximum atomic E-state index is 10.9. The quantitative estimate of drug-likeness (QED) is 0.586.